The van der Waals surface area contributed by atoms with E-state index in [2.05, 4.69) is 22.2 Å². The van der Waals surface area contributed by atoms with Gasteiger partial charge in [0.15, 0.2) is 5.78 Å². The second kappa shape index (κ2) is 8.13. The first-order chi connectivity index (χ1) is 15.1. The molecule has 0 spiro atoms. The molecule has 0 saturated carbocycles. The molecule has 0 unspecified atom stereocenters. The van der Waals surface area contributed by atoms with Gasteiger partial charge in [-0.3, -0.25) is 14.5 Å². The van der Waals surface area contributed by atoms with Gasteiger partial charge in [-0.05, 0) is 25.3 Å². The first-order valence-electron chi connectivity index (χ1n) is 10.7. The van der Waals surface area contributed by atoms with Crippen molar-refractivity contribution in [1.82, 2.24) is 14.4 Å². The number of Topliss-reactive ketones (excluding diaryl/α,β-unsaturated/α-hetero) is 1. The maximum absolute atomic E-state index is 12.8. The van der Waals surface area contributed by atoms with Crippen LogP contribution in [0.3, 0.4) is 0 Å². The van der Waals surface area contributed by atoms with Crippen LogP contribution in [0.5, 0.6) is 0 Å². The number of benzene rings is 2. The fourth-order valence-electron chi connectivity index (χ4n) is 4.45. The van der Waals surface area contributed by atoms with Crippen molar-refractivity contribution in [2.24, 2.45) is 0 Å². The van der Waals surface area contributed by atoms with Crippen molar-refractivity contribution < 1.29 is 9.59 Å². The van der Waals surface area contributed by atoms with E-state index in [-0.39, 0.29) is 11.7 Å². The number of fused-ring (bicyclic) bond motifs is 2. The molecule has 2 aliphatic rings. The molecule has 1 N–H and O–H groups in total. The molecule has 1 amide bonds. The zero-order chi connectivity index (χ0) is 21.4. The summed E-state index contributed by atoms with van der Waals surface area (Å²) in [6.45, 7) is 4.68. The van der Waals surface area contributed by atoms with Crippen LogP contribution >= 0.6 is 0 Å². The first kappa shape index (κ1) is 19.7. The van der Waals surface area contributed by atoms with Gasteiger partial charge < -0.3 is 14.8 Å². The van der Waals surface area contributed by atoms with E-state index < -0.39 is 0 Å². The van der Waals surface area contributed by atoms with Gasteiger partial charge in [0.1, 0.15) is 0 Å². The number of amides is 1. The summed E-state index contributed by atoms with van der Waals surface area (Å²) in [4.78, 5) is 29.9. The molecule has 1 aromatic heterocycles. The van der Waals surface area contributed by atoms with Gasteiger partial charge in [-0.25, -0.2) is 0 Å². The quantitative estimate of drug-likeness (QED) is 0.653. The van der Waals surface area contributed by atoms with Gasteiger partial charge in [-0.2, -0.15) is 0 Å². The third-order valence-corrected chi connectivity index (χ3v) is 6.17. The SMILES string of the molecule is CN1CCN(CC(=O)Cn2cc(/C=C3\C(=O)Nc4ccccc43)c3ccccc32)CC1. The van der Waals surface area contributed by atoms with Gasteiger partial charge in [0.2, 0.25) is 0 Å². The number of nitrogens with zero attached hydrogens (tertiary/aromatic N) is 3. The van der Waals surface area contributed by atoms with Gasteiger partial charge in [0.25, 0.3) is 5.91 Å². The number of para-hydroxylation sites is 2. The van der Waals surface area contributed by atoms with E-state index in [4.69, 9.17) is 0 Å². The highest BCUT2D eigenvalue weighted by Crippen LogP contribution is 2.34. The number of ketones is 1. The predicted octanol–water partition coefficient (Wildman–Crippen LogP) is 2.95. The largest absolute Gasteiger partial charge is 0.339 e. The minimum absolute atomic E-state index is 0.0934. The van der Waals surface area contributed by atoms with Crippen molar-refractivity contribution in [1.29, 1.82) is 0 Å². The number of aromatic nitrogens is 1. The Morgan fingerprint density at radius 1 is 1.00 bits per heavy atom. The number of hydrogen-bond donors (Lipinski definition) is 1. The van der Waals surface area contributed by atoms with E-state index in [1.807, 2.05) is 65.4 Å². The summed E-state index contributed by atoms with van der Waals surface area (Å²) < 4.78 is 2.01. The molecule has 3 heterocycles. The lowest BCUT2D eigenvalue weighted by Crippen LogP contribution is -2.46. The van der Waals surface area contributed by atoms with Gasteiger partial charge in [-0.1, -0.05) is 36.4 Å². The van der Waals surface area contributed by atoms with Crippen LogP contribution in [-0.2, 0) is 16.1 Å². The van der Waals surface area contributed by atoms with Crippen LogP contribution in [0.2, 0.25) is 0 Å². The monoisotopic (exact) mass is 414 g/mol. The summed E-state index contributed by atoms with van der Waals surface area (Å²) in [5.41, 5.74) is 4.36. The van der Waals surface area contributed by atoms with Gasteiger partial charge in [-0.15, -0.1) is 0 Å². The topological polar surface area (TPSA) is 57.6 Å². The number of rotatable bonds is 5. The fraction of sp³-hybridized carbons (Fsp3) is 0.280. The molecule has 0 atom stereocenters. The fourth-order valence-corrected chi connectivity index (χ4v) is 4.45. The number of anilines is 1. The lowest BCUT2D eigenvalue weighted by Gasteiger charge is -2.31. The number of piperazine rings is 1. The van der Waals surface area contributed by atoms with Crippen LogP contribution < -0.4 is 5.32 Å². The van der Waals surface area contributed by atoms with Crippen molar-refractivity contribution in [2.45, 2.75) is 6.54 Å². The zero-order valence-corrected chi connectivity index (χ0v) is 17.7. The molecule has 0 aliphatic carbocycles. The summed E-state index contributed by atoms with van der Waals surface area (Å²) in [6.07, 6.45) is 3.93. The molecule has 3 aromatic rings. The van der Waals surface area contributed by atoms with Crippen LogP contribution in [0.1, 0.15) is 11.1 Å². The molecule has 6 heteroatoms. The highest BCUT2D eigenvalue weighted by Gasteiger charge is 2.24. The van der Waals surface area contributed by atoms with Gasteiger partial charge >= 0.3 is 0 Å². The van der Waals surface area contributed by atoms with E-state index in [0.717, 1.165) is 53.9 Å². The lowest BCUT2D eigenvalue weighted by molar-refractivity contribution is -0.121. The molecule has 1 fully saturated rings. The minimum atomic E-state index is -0.0934. The third-order valence-electron chi connectivity index (χ3n) is 6.17. The Hall–Kier alpha value is -3.22. The number of hydrogen-bond acceptors (Lipinski definition) is 4. The molecule has 2 aliphatic heterocycles. The smallest absolute Gasteiger partial charge is 0.256 e. The number of nitrogens with one attached hydrogen (secondary N) is 1. The molecular formula is C25H26N4O2. The second-order valence-electron chi connectivity index (χ2n) is 8.41. The standard InChI is InChI=1S/C25H26N4O2/c1-27-10-12-28(13-11-27)16-19(30)17-29-15-18(20-6-3-5-9-24(20)29)14-22-21-7-2-4-8-23(21)26-25(22)31/h2-9,14-15H,10-13,16-17H2,1H3,(H,26,31)/b22-14-. The number of carbonyl (C=O) groups is 2. The Labute approximate surface area is 181 Å². The minimum Gasteiger partial charge on any atom is -0.339 e. The van der Waals surface area contributed by atoms with E-state index in [1.165, 1.54) is 0 Å². The van der Waals surface area contributed by atoms with Crippen molar-refractivity contribution >= 4 is 39.9 Å². The average molecular weight is 415 g/mol. The molecule has 2 aromatic carbocycles. The van der Waals surface area contributed by atoms with Crippen LogP contribution in [0.15, 0.2) is 54.7 Å². The lowest BCUT2D eigenvalue weighted by atomic mass is 10.0. The molecule has 5 rings (SSSR count). The average Bonchev–Trinajstić information content (AvgIpc) is 3.27. The molecule has 0 radical (unpaired) electrons. The molecule has 158 valence electrons. The third kappa shape index (κ3) is 3.92. The summed E-state index contributed by atoms with van der Waals surface area (Å²) in [7, 11) is 2.12. The van der Waals surface area contributed by atoms with Crippen molar-refractivity contribution in [3.05, 3.63) is 65.9 Å². The van der Waals surface area contributed by atoms with Gasteiger partial charge in [0.05, 0.1) is 13.1 Å². The van der Waals surface area contributed by atoms with Crippen LogP contribution in [-0.4, -0.2) is 65.8 Å². The highest BCUT2D eigenvalue weighted by atomic mass is 16.2. The molecule has 1 saturated heterocycles. The summed E-state index contributed by atoms with van der Waals surface area (Å²) >= 11 is 0. The van der Waals surface area contributed by atoms with Crippen molar-refractivity contribution in [3.8, 4) is 0 Å². The van der Waals surface area contributed by atoms with Crippen LogP contribution in [0.4, 0.5) is 5.69 Å². The second-order valence-corrected chi connectivity index (χ2v) is 8.41. The van der Waals surface area contributed by atoms with Crippen molar-refractivity contribution in [3.63, 3.8) is 0 Å². The molecule has 31 heavy (non-hydrogen) atoms. The summed E-state index contributed by atoms with van der Waals surface area (Å²) in [5, 5.41) is 3.97. The Balaban J connectivity index is 1.43. The number of likely N-dealkylation sites (N-methyl/N-ethyl adjacent to an activating group) is 1. The normalized spacial score (nSPS) is 18.5. The molecule has 0 bridgehead atoms. The van der Waals surface area contributed by atoms with Crippen LogP contribution in [0.25, 0.3) is 22.6 Å². The Kier molecular flexibility index (Phi) is 5.18. The number of carbonyl (C=O) groups excluding carboxylic acids is 2. The van der Waals surface area contributed by atoms with E-state index in [9.17, 15) is 9.59 Å². The summed E-state index contributed by atoms with van der Waals surface area (Å²) in [5.74, 6) is 0.109. The molecule has 6 nitrogen and oxygen atoms in total. The zero-order valence-electron chi connectivity index (χ0n) is 17.7. The maximum atomic E-state index is 12.8. The van der Waals surface area contributed by atoms with E-state index in [1.54, 1.807) is 0 Å². The first-order valence-corrected chi connectivity index (χ1v) is 10.7. The summed E-state index contributed by atoms with van der Waals surface area (Å²) in [6, 6.07) is 15.8. The predicted molar refractivity (Wildman–Crippen MR) is 124 cm³/mol. The van der Waals surface area contributed by atoms with Crippen molar-refractivity contribution in [2.75, 3.05) is 45.1 Å². The Bertz CT molecular complexity index is 1190. The van der Waals surface area contributed by atoms with Crippen LogP contribution in [0, 0.1) is 0 Å². The molecular weight excluding hydrogens is 388 g/mol. The maximum Gasteiger partial charge on any atom is 0.256 e. The van der Waals surface area contributed by atoms with Gasteiger partial charge in [0, 0.05) is 65.7 Å². The van der Waals surface area contributed by atoms with E-state index in [0.29, 0.717) is 18.7 Å². The van der Waals surface area contributed by atoms with E-state index >= 15 is 0 Å². The Morgan fingerprint density at radius 3 is 2.58 bits per heavy atom. The Morgan fingerprint density at radius 2 is 1.74 bits per heavy atom. The highest BCUT2D eigenvalue weighted by molar-refractivity contribution is 6.35.